The van der Waals surface area contributed by atoms with Gasteiger partial charge in [0.05, 0.1) is 12.8 Å². The monoisotopic (exact) mass is 241 g/mol. The fourth-order valence-electron chi connectivity index (χ4n) is 1.22. The van der Waals surface area contributed by atoms with Crippen LogP contribution in [0, 0.1) is 0 Å². The predicted molar refractivity (Wildman–Crippen MR) is 62.1 cm³/mol. The van der Waals surface area contributed by atoms with Crippen LogP contribution in [0.15, 0.2) is 18.2 Å². The quantitative estimate of drug-likeness (QED) is 0.377. The van der Waals surface area contributed by atoms with Crippen molar-refractivity contribution < 1.29 is 14.3 Å². The molecular weight excluding hydrogens is 230 g/mol. The first kappa shape index (κ1) is 12.5. The molecule has 0 aliphatic rings. The van der Waals surface area contributed by atoms with Crippen LogP contribution in [-0.4, -0.2) is 24.1 Å². The Morgan fingerprint density at radius 3 is 2.50 bits per heavy atom. The minimum absolute atomic E-state index is 0.300. The molecule has 1 unspecified atom stereocenters. The smallest absolute Gasteiger partial charge is 0.188 e. The van der Waals surface area contributed by atoms with E-state index in [4.69, 9.17) is 22.1 Å². The number of ketones is 2. The fourth-order valence-corrected chi connectivity index (χ4v) is 1.34. The Bertz CT molecular complexity index is 431. The average Bonchev–Trinajstić information content (AvgIpc) is 2.26. The second kappa shape index (κ2) is 4.99. The Labute approximate surface area is 98.3 Å². The van der Waals surface area contributed by atoms with Crippen molar-refractivity contribution in [1.82, 2.24) is 0 Å². The number of carbonyl (C=O) groups is 2. The highest BCUT2D eigenvalue weighted by Crippen LogP contribution is 2.23. The van der Waals surface area contributed by atoms with Crippen molar-refractivity contribution in [2.45, 2.75) is 12.3 Å². The highest BCUT2D eigenvalue weighted by atomic mass is 35.5. The number of halogens is 1. The molecule has 0 bridgehead atoms. The third kappa shape index (κ3) is 2.52. The van der Waals surface area contributed by atoms with Crippen molar-refractivity contribution >= 4 is 28.9 Å². The molecule has 1 aromatic carbocycles. The summed E-state index contributed by atoms with van der Waals surface area (Å²) >= 11 is 5.66. The first-order chi connectivity index (χ1) is 7.47. The lowest BCUT2D eigenvalue weighted by atomic mass is 10.1. The number of nitrogens with two attached hydrogens (primary N) is 1. The highest BCUT2D eigenvalue weighted by molar-refractivity contribution is 6.44. The molecule has 0 aliphatic carbocycles. The van der Waals surface area contributed by atoms with E-state index in [0.29, 0.717) is 17.0 Å². The summed E-state index contributed by atoms with van der Waals surface area (Å²) in [5, 5.41) is -1.16. The number of anilines is 1. The average molecular weight is 242 g/mol. The molecule has 0 saturated carbocycles. The molecule has 86 valence electrons. The van der Waals surface area contributed by atoms with E-state index in [0.717, 1.165) is 0 Å². The van der Waals surface area contributed by atoms with Crippen LogP contribution in [0.2, 0.25) is 0 Å². The van der Waals surface area contributed by atoms with Gasteiger partial charge in [-0.15, -0.1) is 11.6 Å². The van der Waals surface area contributed by atoms with Crippen LogP contribution in [-0.2, 0) is 4.79 Å². The number of hydrogen-bond donors (Lipinski definition) is 1. The maximum Gasteiger partial charge on any atom is 0.188 e. The third-order valence-electron chi connectivity index (χ3n) is 2.10. The Kier molecular flexibility index (Phi) is 3.90. The van der Waals surface area contributed by atoms with Crippen molar-refractivity contribution in [3.05, 3.63) is 23.8 Å². The van der Waals surface area contributed by atoms with E-state index in [9.17, 15) is 9.59 Å². The number of carbonyl (C=O) groups excluding carboxylic acids is 2. The van der Waals surface area contributed by atoms with E-state index < -0.39 is 11.2 Å². The summed E-state index contributed by atoms with van der Waals surface area (Å²) in [6.45, 7) is 1.27. The molecule has 0 aliphatic heterocycles. The molecular formula is C11H12ClNO3. The molecule has 16 heavy (non-hydrogen) atoms. The first-order valence-corrected chi connectivity index (χ1v) is 5.03. The largest absolute Gasteiger partial charge is 0.495 e. The Hall–Kier alpha value is -1.55. The molecule has 2 N–H and O–H groups in total. The van der Waals surface area contributed by atoms with Crippen LogP contribution in [0.3, 0.4) is 0 Å². The van der Waals surface area contributed by atoms with Gasteiger partial charge in [-0.25, -0.2) is 0 Å². The van der Waals surface area contributed by atoms with Crippen LogP contribution in [0.5, 0.6) is 5.75 Å². The van der Waals surface area contributed by atoms with Gasteiger partial charge in [0.25, 0.3) is 0 Å². The molecule has 0 aromatic heterocycles. The molecule has 1 aromatic rings. The molecule has 0 amide bonds. The number of ether oxygens (including phenoxy) is 1. The standard InChI is InChI=1S/C11H12ClNO3/c1-6(14)10(12)11(15)7-3-4-9(16-2)8(13)5-7/h3-5,10H,13H2,1-2H3. The summed E-state index contributed by atoms with van der Waals surface area (Å²) in [6, 6.07) is 4.53. The normalized spacial score (nSPS) is 11.9. The molecule has 0 saturated heterocycles. The lowest BCUT2D eigenvalue weighted by Crippen LogP contribution is -2.22. The van der Waals surface area contributed by atoms with Crippen molar-refractivity contribution in [2.75, 3.05) is 12.8 Å². The number of nitrogen functional groups attached to an aromatic ring is 1. The summed E-state index contributed by atoms with van der Waals surface area (Å²) in [7, 11) is 1.48. The van der Waals surface area contributed by atoms with Crippen LogP contribution in [0.1, 0.15) is 17.3 Å². The van der Waals surface area contributed by atoms with Gasteiger partial charge in [-0.05, 0) is 25.1 Å². The number of rotatable bonds is 4. The molecule has 0 spiro atoms. The van der Waals surface area contributed by atoms with Crippen LogP contribution >= 0.6 is 11.6 Å². The first-order valence-electron chi connectivity index (χ1n) is 4.59. The third-order valence-corrected chi connectivity index (χ3v) is 2.61. The van der Waals surface area contributed by atoms with E-state index in [1.165, 1.54) is 26.2 Å². The second-order valence-electron chi connectivity index (χ2n) is 3.29. The van der Waals surface area contributed by atoms with E-state index >= 15 is 0 Å². The molecule has 0 heterocycles. The SMILES string of the molecule is COc1ccc(C(=O)C(Cl)C(C)=O)cc1N. The fraction of sp³-hybridized carbons (Fsp3) is 0.273. The number of alkyl halides is 1. The molecule has 1 rings (SSSR count). The van der Waals surface area contributed by atoms with E-state index in [2.05, 4.69) is 0 Å². The molecule has 4 nitrogen and oxygen atoms in total. The molecule has 0 radical (unpaired) electrons. The summed E-state index contributed by atoms with van der Waals surface area (Å²) < 4.78 is 4.95. The number of benzene rings is 1. The topological polar surface area (TPSA) is 69.4 Å². The Balaban J connectivity index is 3.02. The van der Waals surface area contributed by atoms with Gasteiger partial charge in [0.15, 0.2) is 16.9 Å². The van der Waals surface area contributed by atoms with E-state index in [1.54, 1.807) is 6.07 Å². The number of hydrogen-bond acceptors (Lipinski definition) is 4. The van der Waals surface area contributed by atoms with Crippen LogP contribution in [0.4, 0.5) is 5.69 Å². The highest BCUT2D eigenvalue weighted by Gasteiger charge is 2.22. The van der Waals surface area contributed by atoms with Crippen molar-refractivity contribution in [3.63, 3.8) is 0 Å². The van der Waals surface area contributed by atoms with Crippen molar-refractivity contribution in [1.29, 1.82) is 0 Å². The van der Waals surface area contributed by atoms with Gasteiger partial charge < -0.3 is 10.5 Å². The maximum atomic E-state index is 11.7. The van der Waals surface area contributed by atoms with Gasteiger partial charge in [0.2, 0.25) is 0 Å². The number of Topliss-reactive ketones (excluding diaryl/α,β-unsaturated/α-hetero) is 2. The van der Waals surface area contributed by atoms with Gasteiger partial charge in [-0.3, -0.25) is 9.59 Å². The minimum Gasteiger partial charge on any atom is -0.495 e. The van der Waals surface area contributed by atoms with Gasteiger partial charge in [-0.2, -0.15) is 0 Å². The maximum absolute atomic E-state index is 11.7. The van der Waals surface area contributed by atoms with Crippen LogP contribution < -0.4 is 10.5 Å². The second-order valence-corrected chi connectivity index (χ2v) is 3.73. The molecule has 0 fully saturated rings. The van der Waals surface area contributed by atoms with Crippen molar-refractivity contribution in [3.8, 4) is 5.75 Å². The van der Waals surface area contributed by atoms with Gasteiger partial charge >= 0.3 is 0 Å². The zero-order chi connectivity index (χ0) is 12.3. The lowest BCUT2D eigenvalue weighted by molar-refractivity contribution is -0.115. The lowest BCUT2D eigenvalue weighted by Gasteiger charge is -2.08. The Morgan fingerprint density at radius 1 is 1.44 bits per heavy atom. The zero-order valence-corrected chi connectivity index (χ0v) is 9.75. The van der Waals surface area contributed by atoms with Crippen molar-refractivity contribution in [2.24, 2.45) is 0 Å². The molecule has 1 atom stereocenters. The van der Waals surface area contributed by atoms with Gasteiger partial charge in [0.1, 0.15) is 5.75 Å². The van der Waals surface area contributed by atoms with E-state index in [-0.39, 0.29) is 5.78 Å². The summed E-state index contributed by atoms with van der Waals surface area (Å²) in [5.41, 5.74) is 6.27. The zero-order valence-electron chi connectivity index (χ0n) is 8.99. The molecule has 5 heteroatoms. The number of methoxy groups -OCH3 is 1. The predicted octanol–water partition coefficient (Wildman–Crippen LogP) is 1.66. The summed E-state index contributed by atoms with van der Waals surface area (Å²) in [5.74, 6) is -0.366. The summed E-state index contributed by atoms with van der Waals surface area (Å²) in [4.78, 5) is 22.6. The summed E-state index contributed by atoms with van der Waals surface area (Å²) in [6.07, 6.45) is 0. The Morgan fingerprint density at radius 2 is 2.06 bits per heavy atom. The van der Waals surface area contributed by atoms with E-state index in [1.807, 2.05) is 0 Å². The van der Waals surface area contributed by atoms with Gasteiger partial charge in [-0.1, -0.05) is 0 Å². The minimum atomic E-state index is -1.16. The van der Waals surface area contributed by atoms with Crippen LogP contribution in [0.25, 0.3) is 0 Å². The van der Waals surface area contributed by atoms with Gasteiger partial charge in [0, 0.05) is 5.56 Å².